The summed E-state index contributed by atoms with van der Waals surface area (Å²) in [7, 11) is 2.28. The van der Waals surface area contributed by atoms with Gasteiger partial charge in [0.05, 0.1) is 0 Å². The second-order valence-corrected chi connectivity index (χ2v) is 2.10. The van der Waals surface area contributed by atoms with E-state index in [1.165, 1.54) is 19.5 Å². The highest BCUT2D eigenvalue weighted by Gasteiger charge is 2.06. The van der Waals surface area contributed by atoms with Crippen LogP contribution in [0.3, 0.4) is 0 Å². The Balaban J connectivity index is 2.18. The van der Waals surface area contributed by atoms with E-state index in [4.69, 9.17) is 0 Å². The average molecular weight is 82.9 g/mol. The van der Waals surface area contributed by atoms with E-state index in [1.807, 2.05) is 0 Å². The predicted molar refractivity (Wildman–Crippen MR) is 29.8 cm³/mol. The number of hydrogen-bond acceptors (Lipinski definition) is 1. The molecule has 0 spiro atoms. The van der Waals surface area contributed by atoms with Crippen molar-refractivity contribution in [2.24, 2.45) is 0 Å². The van der Waals surface area contributed by atoms with Gasteiger partial charge in [0.2, 0.25) is 0 Å². The van der Waals surface area contributed by atoms with Gasteiger partial charge >= 0.3 is 0 Å². The van der Waals surface area contributed by atoms with Crippen LogP contribution in [0.5, 0.6) is 0 Å². The molecule has 0 aromatic rings. The van der Waals surface area contributed by atoms with Gasteiger partial charge < -0.3 is 5.32 Å². The molecule has 1 fully saturated rings. The monoisotopic (exact) mass is 83.1 g/mol. The van der Waals surface area contributed by atoms with E-state index in [2.05, 4.69) is 13.2 Å². The zero-order valence-electron chi connectivity index (χ0n) is 4.20. The second-order valence-electron chi connectivity index (χ2n) is 2.10. The van der Waals surface area contributed by atoms with Gasteiger partial charge in [-0.15, -0.1) is 0 Å². The van der Waals surface area contributed by atoms with Gasteiger partial charge in [-0.3, -0.25) is 0 Å². The first-order chi connectivity index (χ1) is 2.89. The van der Waals surface area contributed by atoms with E-state index in [0.29, 0.717) is 0 Å². The van der Waals surface area contributed by atoms with Gasteiger partial charge in [-0.1, -0.05) is 5.82 Å². The summed E-state index contributed by atoms with van der Waals surface area (Å²) in [4.78, 5) is 0. The molecule has 0 unspecified atom stereocenters. The zero-order valence-corrected chi connectivity index (χ0v) is 4.20. The molecule has 1 heterocycles. The third-order valence-corrected chi connectivity index (χ3v) is 1.31. The highest BCUT2D eigenvalue weighted by Crippen LogP contribution is 2.06. The predicted octanol–water partition coefficient (Wildman–Crippen LogP) is -0.599. The van der Waals surface area contributed by atoms with Crippen LogP contribution in [0.4, 0.5) is 0 Å². The third-order valence-electron chi connectivity index (χ3n) is 1.31. The van der Waals surface area contributed by atoms with Crippen LogP contribution in [0.2, 0.25) is 5.82 Å². The summed E-state index contributed by atoms with van der Waals surface area (Å²) in [5.74, 6) is 0.935. The lowest BCUT2D eigenvalue weighted by Gasteiger charge is -1.90. The molecule has 1 atom stereocenters. The van der Waals surface area contributed by atoms with Crippen LogP contribution in [0, 0.1) is 0 Å². The summed E-state index contributed by atoms with van der Waals surface area (Å²) in [5.41, 5.74) is 0. The average Bonchev–Trinajstić information content (AvgIpc) is 1.86. The molecule has 1 aliphatic heterocycles. The molecule has 0 amide bonds. The van der Waals surface area contributed by atoms with Crippen molar-refractivity contribution in [3.05, 3.63) is 0 Å². The summed E-state index contributed by atoms with van der Waals surface area (Å²) in [5, 5.41) is 3.27. The fraction of sp³-hybridized carbons (Fsp3) is 1.00. The van der Waals surface area contributed by atoms with Gasteiger partial charge in [-0.25, -0.2) is 0 Å². The van der Waals surface area contributed by atoms with Crippen molar-refractivity contribution in [2.75, 3.05) is 13.1 Å². The standard InChI is InChI=1S/C4H10BN/c5-4-1-2-6-3-4/h4,6H,1-3,5H2/t4-/m0/s1. The van der Waals surface area contributed by atoms with Gasteiger partial charge in [0.25, 0.3) is 0 Å². The third kappa shape index (κ3) is 0.746. The van der Waals surface area contributed by atoms with Crippen molar-refractivity contribution in [3.63, 3.8) is 0 Å². The van der Waals surface area contributed by atoms with Crippen molar-refractivity contribution in [1.29, 1.82) is 0 Å². The molecule has 0 aromatic carbocycles. The maximum Gasteiger partial charge on any atom is 0.107 e. The van der Waals surface area contributed by atoms with Gasteiger partial charge in [0, 0.05) is 0 Å². The van der Waals surface area contributed by atoms with Crippen LogP contribution in [0.15, 0.2) is 0 Å². The molecule has 1 saturated heterocycles. The molecular weight excluding hydrogens is 72.9 g/mol. The normalized spacial score (nSPS) is 34.3. The SMILES string of the molecule is B[C@H]1CCNC1. The van der Waals surface area contributed by atoms with Gasteiger partial charge in [-0.2, -0.15) is 0 Å². The summed E-state index contributed by atoms with van der Waals surface area (Å²) < 4.78 is 0. The van der Waals surface area contributed by atoms with Crippen LogP contribution in [-0.2, 0) is 0 Å². The molecule has 0 radical (unpaired) electrons. The Labute approximate surface area is 39.5 Å². The molecule has 1 rings (SSSR count). The second kappa shape index (κ2) is 1.65. The van der Waals surface area contributed by atoms with Crippen molar-refractivity contribution in [3.8, 4) is 0 Å². The molecule has 0 aliphatic carbocycles. The molecule has 1 N–H and O–H groups in total. The molecule has 1 nitrogen and oxygen atoms in total. The van der Waals surface area contributed by atoms with E-state index in [0.717, 1.165) is 5.82 Å². The van der Waals surface area contributed by atoms with Crippen molar-refractivity contribution >= 4 is 7.85 Å². The van der Waals surface area contributed by atoms with E-state index in [9.17, 15) is 0 Å². The minimum atomic E-state index is 0.935. The zero-order chi connectivity index (χ0) is 4.41. The topological polar surface area (TPSA) is 12.0 Å². The maximum absolute atomic E-state index is 3.27. The molecule has 0 aromatic heterocycles. The van der Waals surface area contributed by atoms with Crippen molar-refractivity contribution in [1.82, 2.24) is 5.32 Å². The number of hydrogen-bond donors (Lipinski definition) is 1. The van der Waals surface area contributed by atoms with Crippen molar-refractivity contribution in [2.45, 2.75) is 12.2 Å². The van der Waals surface area contributed by atoms with E-state index in [1.54, 1.807) is 0 Å². The quantitative estimate of drug-likeness (QED) is 0.385. The summed E-state index contributed by atoms with van der Waals surface area (Å²) in [6, 6.07) is 0. The Hall–Kier alpha value is 0.0249. The lowest BCUT2D eigenvalue weighted by molar-refractivity contribution is 0.856. The summed E-state index contributed by atoms with van der Waals surface area (Å²) in [6.07, 6.45) is 1.38. The first-order valence-electron chi connectivity index (χ1n) is 2.60. The fourth-order valence-electron chi connectivity index (χ4n) is 0.799. The Morgan fingerprint density at radius 1 is 1.67 bits per heavy atom. The van der Waals surface area contributed by atoms with Crippen LogP contribution in [0.25, 0.3) is 0 Å². The van der Waals surface area contributed by atoms with Crippen LogP contribution in [-0.4, -0.2) is 20.9 Å². The van der Waals surface area contributed by atoms with E-state index < -0.39 is 0 Å². The molecule has 6 heavy (non-hydrogen) atoms. The molecule has 34 valence electrons. The minimum absolute atomic E-state index is 0.935. The Morgan fingerprint density at radius 3 is 2.67 bits per heavy atom. The smallest absolute Gasteiger partial charge is 0.107 e. The van der Waals surface area contributed by atoms with E-state index >= 15 is 0 Å². The van der Waals surface area contributed by atoms with Crippen molar-refractivity contribution < 1.29 is 0 Å². The highest BCUT2D eigenvalue weighted by molar-refractivity contribution is 6.11. The van der Waals surface area contributed by atoms with Gasteiger partial charge in [0.1, 0.15) is 7.85 Å². The minimum Gasteiger partial charge on any atom is -0.317 e. The Morgan fingerprint density at radius 2 is 2.50 bits per heavy atom. The van der Waals surface area contributed by atoms with Crippen LogP contribution in [0.1, 0.15) is 6.42 Å². The molecule has 2 heteroatoms. The van der Waals surface area contributed by atoms with Gasteiger partial charge in [0.15, 0.2) is 0 Å². The summed E-state index contributed by atoms with van der Waals surface area (Å²) in [6.45, 7) is 2.47. The highest BCUT2D eigenvalue weighted by atomic mass is 14.9. The molecule has 0 saturated carbocycles. The van der Waals surface area contributed by atoms with E-state index in [-0.39, 0.29) is 0 Å². The van der Waals surface area contributed by atoms with Crippen LogP contribution >= 0.6 is 0 Å². The maximum atomic E-state index is 3.27. The lowest BCUT2D eigenvalue weighted by Crippen LogP contribution is -2.05. The molecular formula is C4H10BN. The first kappa shape index (κ1) is 4.19. The largest absolute Gasteiger partial charge is 0.317 e. The molecule has 0 bridgehead atoms. The van der Waals surface area contributed by atoms with Gasteiger partial charge in [-0.05, 0) is 19.5 Å². The summed E-state index contributed by atoms with van der Waals surface area (Å²) >= 11 is 0. The lowest BCUT2D eigenvalue weighted by atomic mass is 9.87. The number of rotatable bonds is 0. The Bertz CT molecular complexity index is 40.8. The number of nitrogens with one attached hydrogen (secondary N) is 1. The Kier molecular flexibility index (Phi) is 1.15. The molecule has 1 aliphatic rings. The first-order valence-corrected chi connectivity index (χ1v) is 2.60. The fourth-order valence-corrected chi connectivity index (χ4v) is 0.799. The van der Waals surface area contributed by atoms with Crippen LogP contribution < -0.4 is 5.32 Å².